The van der Waals surface area contributed by atoms with E-state index in [1.165, 1.54) is 17.0 Å². The minimum Gasteiger partial charge on any atom is -0.352 e. The van der Waals surface area contributed by atoms with Gasteiger partial charge in [-0.1, -0.05) is 104 Å². The first-order valence-electron chi connectivity index (χ1n) is 14.1. The summed E-state index contributed by atoms with van der Waals surface area (Å²) in [7, 11) is -4.10. The van der Waals surface area contributed by atoms with E-state index in [0.717, 1.165) is 21.9 Å². The molecule has 42 heavy (non-hydrogen) atoms. The van der Waals surface area contributed by atoms with E-state index >= 15 is 0 Å². The van der Waals surface area contributed by atoms with Crippen molar-refractivity contribution in [2.24, 2.45) is 0 Å². The van der Waals surface area contributed by atoms with Gasteiger partial charge < -0.3 is 10.2 Å². The van der Waals surface area contributed by atoms with Crippen molar-refractivity contribution in [3.63, 3.8) is 0 Å². The van der Waals surface area contributed by atoms with Crippen LogP contribution in [0.5, 0.6) is 0 Å². The summed E-state index contributed by atoms with van der Waals surface area (Å²) >= 11 is 0. The van der Waals surface area contributed by atoms with Crippen molar-refractivity contribution in [2.75, 3.05) is 10.8 Å². The number of hydrogen-bond acceptors (Lipinski definition) is 4. The third-order valence-corrected chi connectivity index (χ3v) is 8.91. The number of amides is 2. The highest BCUT2D eigenvalue weighted by Gasteiger charge is 2.34. The number of benzene rings is 4. The van der Waals surface area contributed by atoms with E-state index in [4.69, 9.17) is 0 Å². The molecule has 0 heterocycles. The van der Waals surface area contributed by atoms with E-state index in [1.54, 1.807) is 48.5 Å². The van der Waals surface area contributed by atoms with Crippen LogP contribution in [-0.2, 0) is 32.6 Å². The maximum Gasteiger partial charge on any atom is 0.264 e. The number of anilines is 1. The van der Waals surface area contributed by atoms with Gasteiger partial charge in [-0.3, -0.25) is 13.9 Å². The maximum atomic E-state index is 14.3. The topological polar surface area (TPSA) is 86.8 Å². The molecule has 4 rings (SSSR count). The van der Waals surface area contributed by atoms with Gasteiger partial charge in [0.25, 0.3) is 10.0 Å². The molecule has 0 fully saturated rings. The monoisotopic (exact) mass is 583 g/mol. The first-order valence-corrected chi connectivity index (χ1v) is 15.5. The van der Waals surface area contributed by atoms with Gasteiger partial charge in [-0.2, -0.15) is 0 Å². The molecule has 0 saturated carbocycles. The summed E-state index contributed by atoms with van der Waals surface area (Å²) in [6.07, 6.45) is 1.01. The highest BCUT2D eigenvalue weighted by molar-refractivity contribution is 7.92. The Labute approximate surface area is 248 Å². The number of carbonyl (C=O) groups excluding carboxylic acids is 2. The average molecular weight is 584 g/mol. The van der Waals surface area contributed by atoms with Crippen molar-refractivity contribution >= 4 is 27.5 Å². The molecule has 0 radical (unpaired) electrons. The predicted octanol–water partition coefficient (Wildman–Crippen LogP) is 5.44. The molecule has 0 bridgehead atoms. The van der Waals surface area contributed by atoms with Gasteiger partial charge in [0.2, 0.25) is 11.8 Å². The quantitative estimate of drug-likeness (QED) is 0.227. The lowest BCUT2D eigenvalue weighted by atomic mass is 10.0. The Morgan fingerprint density at radius 3 is 1.79 bits per heavy atom. The first-order chi connectivity index (χ1) is 20.3. The molecule has 4 aromatic rings. The average Bonchev–Trinajstić information content (AvgIpc) is 3.03. The Morgan fingerprint density at radius 2 is 1.24 bits per heavy atom. The Hall–Kier alpha value is -4.43. The fourth-order valence-corrected chi connectivity index (χ4v) is 6.05. The van der Waals surface area contributed by atoms with Gasteiger partial charge in [0.15, 0.2) is 0 Å². The number of nitrogens with zero attached hydrogens (tertiary/aromatic N) is 2. The lowest BCUT2D eigenvalue weighted by Crippen LogP contribution is -2.54. The molecule has 4 aromatic carbocycles. The molecule has 0 spiro atoms. The van der Waals surface area contributed by atoms with Crippen LogP contribution in [0.25, 0.3) is 0 Å². The number of sulfonamides is 1. The summed E-state index contributed by atoms with van der Waals surface area (Å²) in [5.41, 5.74) is 2.08. The van der Waals surface area contributed by atoms with Crippen molar-refractivity contribution in [1.29, 1.82) is 0 Å². The summed E-state index contributed by atoms with van der Waals surface area (Å²) in [4.78, 5) is 29.7. The Morgan fingerprint density at radius 1 is 0.738 bits per heavy atom. The molecular formula is C34H37N3O4S. The molecule has 0 aliphatic rings. The molecule has 0 aliphatic carbocycles. The molecule has 218 valence electrons. The van der Waals surface area contributed by atoms with Crippen LogP contribution in [-0.4, -0.2) is 43.8 Å². The van der Waals surface area contributed by atoms with Crippen molar-refractivity contribution in [3.8, 4) is 0 Å². The molecular weight excluding hydrogens is 546 g/mol. The van der Waals surface area contributed by atoms with Gasteiger partial charge in [0, 0.05) is 19.0 Å². The summed E-state index contributed by atoms with van der Waals surface area (Å²) in [6, 6.07) is 34.6. The van der Waals surface area contributed by atoms with Crippen LogP contribution < -0.4 is 9.62 Å². The van der Waals surface area contributed by atoms with Gasteiger partial charge in [0.1, 0.15) is 12.6 Å². The zero-order chi connectivity index (χ0) is 30.0. The molecule has 0 aliphatic heterocycles. The summed E-state index contributed by atoms with van der Waals surface area (Å²) in [5.74, 6) is -0.767. The van der Waals surface area contributed by atoms with Gasteiger partial charge in [-0.15, -0.1) is 0 Å². The van der Waals surface area contributed by atoms with Crippen molar-refractivity contribution in [2.45, 2.75) is 50.2 Å². The molecule has 0 unspecified atom stereocenters. The minimum absolute atomic E-state index is 0.0756. The van der Waals surface area contributed by atoms with Crippen LogP contribution in [0.1, 0.15) is 31.4 Å². The van der Waals surface area contributed by atoms with E-state index in [-0.39, 0.29) is 29.8 Å². The van der Waals surface area contributed by atoms with Crippen LogP contribution in [0.3, 0.4) is 0 Å². The third kappa shape index (κ3) is 7.85. The minimum atomic E-state index is -4.10. The highest BCUT2D eigenvalue weighted by atomic mass is 32.2. The zero-order valence-corrected chi connectivity index (χ0v) is 24.8. The molecule has 2 atom stereocenters. The van der Waals surface area contributed by atoms with Crippen LogP contribution in [0, 0.1) is 0 Å². The van der Waals surface area contributed by atoms with Gasteiger partial charge >= 0.3 is 0 Å². The van der Waals surface area contributed by atoms with E-state index in [9.17, 15) is 18.0 Å². The fraction of sp³-hybridized carbons (Fsp3) is 0.235. The molecule has 8 heteroatoms. The van der Waals surface area contributed by atoms with Crippen molar-refractivity contribution < 1.29 is 18.0 Å². The number of rotatable bonds is 13. The summed E-state index contributed by atoms with van der Waals surface area (Å²) in [6.45, 7) is 3.57. The normalized spacial score (nSPS) is 12.6. The van der Waals surface area contributed by atoms with Gasteiger partial charge in [-0.25, -0.2) is 8.42 Å². The number of nitrogens with one attached hydrogen (secondary N) is 1. The first kappa shape index (κ1) is 30.5. The largest absolute Gasteiger partial charge is 0.352 e. The van der Waals surface area contributed by atoms with Gasteiger partial charge in [0.05, 0.1) is 10.6 Å². The Bertz CT molecular complexity index is 1530. The maximum absolute atomic E-state index is 14.3. The second-order valence-corrected chi connectivity index (χ2v) is 12.1. The third-order valence-electron chi connectivity index (χ3n) is 7.12. The van der Waals surface area contributed by atoms with E-state index in [1.807, 2.05) is 74.5 Å². The lowest BCUT2D eigenvalue weighted by molar-refractivity contribution is -0.140. The van der Waals surface area contributed by atoms with Crippen molar-refractivity contribution in [3.05, 3.63) is 132 Å². The number of hydrogen-bond donors (Lipinski definition) is 1. The number of carbonyl (C=O) groups is 2. The molecule has 0 saturated heterocycles. The molecule has 7 nitrogen and oxygen atoms in total. The van der Waals surface area contributed by atoms with E-state index in [2.05, 4.69) is 5.32 Å². The molecule has 0 aromatic heterocycles. The van der Waals surface area contributed by atoms with Crippen LogP contribution in [0.2, 0.25) is 0 Å². The van der Waals surface area contributed by atoms with Crippen LogP contribution in [0.15, 0.2) is 126 Å². The lowest BCUT2D eigenvalue weighted by Gasteiger charge is -2.34. The Balaban J connectivity index is 1.77. The van der Waals surface area contributed by atoms with Gasteiger partial charge in [-0.05, 0) is 48.7 Å². The fourth-order valence-electron chi connectivity index (χ4n) is 4.62. The van der Waals surface area contributed by atoms with Crippen LogP contribution in [0.4, 0.5) is 5.69 Å². The second-order valence-electron chi connectivity index (χ2n) is 10.2. The zero-order valence-electron chi connectivity index (χ0n) is 24.0. The SMILES string of the molecule is CC[C@H](C)NC(=O)[C@@H](Cc1ccccc1)N(Cc1ccccc1)C(=O)CN(c1ccccc1)S(=O)(=O)c1ccccc1. The standard InChI is InChI=1S/C34H37N3O4S/c1-3-27(2)35-34(39)32(24-28-16-8-4-9-17-28)36(25-29-18-10-5-11-19-29)33(38)26-37(30-20-12-6-13-21-30)42(40,41)31-22-14-7-15-23-31/h4-23,27,32H,3,24-26H2,1-2H3,(H,35,39)/t27-,32+/m0/s1. The number of para-hydroxylation sites is 1. The van der Waals surface area contributed by atoms with Crippen molar-refractivity contribution in [1.82, 2.24) is 10.2 Å². The van der Waals surface area contributed by atoms with E-state index < -0.39 is 28.5 Å². The highest BCUT2D eigenvalue weighted by Crippen LogP contribution is 2.25. The predicted molar refractivity (Wildman–Crippen MR) is 166 cm³/mol. The molecule has 2 amide bonds. The summed E-state index contributed by atoms with van der Waals surface area (Å²) < 4.78 is 28.9. The second kappa shape index (κ2) is 14.5. The van der Waals surface area contributed by atoms with E-state index in [0.29, 0.717) is 5.69 Å². The van der Waals surface area contributed by atoms with Crippen LogP contribution >= 0.6 is 0 Å². The molecule has 1 N–H and O–H groups in total. The Kier molecular flexibility index (Phi) is 10.5. The summed E-state index contributed by atoms with van der Waals surface area (Å²) in [5, 5.41) is 3.05. The smallest absolute Gasteiger partial charge is 0.264 e.